The second kappa shape index (κ2) is 12.1. The molecule has 2 heterocycles. The van der Waals surface area contributed by atoms with E-state index < -0.39 is 17.7 Å². The third-order valence-electron chi connectivity index (χ3n) is 7.36. The molecule has 8 heteroatoms. The molecule has 1 amide bonds. The van der Waals surface area contributed by atoms with Gasteiger partial charge in [0.1, 0.15) is 5.75 Å². The molecular formula is C28H38F2N4O2. The number of halogens is 2. The fraction of sp³-hybridized carbons (Fsp3) is 0.607. The molecule has 1 aliphatic carbocycles. The molecule has 4 rings (SSSR count). The number of alkyl halides is 2. The maximum absolute atomic E-state index is 14.3. The van der Waals surface area contributed by atoms with Crippen LogP contribution in [-0.2, 0) is 6.42 Å². The van der Waals surface area contributed by atoms with Crippen LogP contribution < -0.4 is 10.1 Å². The third kappa shape index (κ3) is 6.78. The average Bonchev–Trinajstić information content (AvgIpc) is 2.89. The summed E-state index contributed by atoms with van der Waals surface area (Å²) in [5.74, 6) is -3.35. The lowest BCUT2D eigenvalue weighted by Crippen LogP contribution is -2.50. The van der Waals surface area contributed by atoms with Gasteiger partial charge in [0, 0.05) is 31.6 Å². The highest BCUT2D eigenvalue weighted by Crippen LogP contribution is 2.33. The first-order valence-corrected chi connectivity index (χ1v) is 13.3. The van der Waals surface area contributed by atoms with Crippen LogP contribution in [0.25, 0.3) is 11.1 Å². The molecule has 1 unspecified atom stereocenters. The minimum atomic E-state index is -2.79. The van der Waals surface area contributed by atoms with Crippen molar-refractivity contribution < 1.29 is 18.3 Å². The zero-order chi connectivity index (χ0) is 25.5. The van der Waals surface area contributed by atoms with E-state index in [0.29, 0.717) is 6.54 Å². The molecule has 2 aromatic rings. The highest BCUT2D eigenvalue weighted by atomic mass is 19.3. The maximum Gasteiger partial charge on any atom is 0.271 e. The molecule has 2 fully saturated rings. The number of amides is 1. The summed E-state index contributed by atoms with van der Waals surface area (Å²) in [5, 5.41) is 11.2. The van der Waals surface area contributed by atoms with Crippen LogP contribution in [0, 0.1) is 5.92 Å². The third-order valence-corrected chi connectivity index (χ3v) is 7.36. The molecule has 2 aliphatic rings. The Kier molecular flexibility index (Phi) is 8.88. The van der Waals surface area contributed by atoms with Crippen LogP contribution in [0.4, 0.5) is 8.78 Å². The molecule has 196 valence electrons. The molecule has 1 aliphatic heterocycles. The number of carbonyl (C=O) groups is 1. The standard InChI is InChI=1S/C28H38F2N4O2/c1-3-4-10-25-24(20-11-13-23(14-12-20)36-22-8-6-5-7-9-22)17-26(33-32-25)27(35)31-18-21-19-34(2)16-15-28(21,29)30/h11-14,17,21-22H,3-10,15-16,18-19H2,1-2H3,(H,31,35). The zero-order valence-corrected chi connectivity index (χ0v) is 21.4. The highest BCUT2D eigenvalue weighted by molar-refractivity contribution is 5.93. The number of carbonyl (C=O) groups excluding carboxylic acids is 1. The SMILES string of the molecule is CCCCc1nnc(C(=O)NCC2CN(C)CCC2(F)F)cc1-c1ccc(OC2CCCCC2)cc1. The van der Waals surface area contributed by atoms with Gasteiger partial charge in [0.25, 0.3) is 11.8 Å². The van der Waals surface area contributed by atoms with E-state index in [9.17, 15) is 13.6 Å². The minimum Gasteiger partial charge on any atom is -0.490 e. The Morgan fingerprint density at radius 1 is 1.17 bits per heavy atom. The monoisotopic (exact) mass is 500 g/mol. The van der Waals surface area contributed by atoms with Crippen LogP contribution in [0.5, 0.6) is 5.75 Å². The fourth-order valence-corrected chi connectivity index (χ4v) is 5.06. The summed E-state index contributed by atoms with van der Waals surface area (Å²) in [6.07, 6.45) is 8.71. The Labute approximate surface area is 212 Å². The van der Waals surface area contributed by atoms with E-state index >= 15 is 0 Å². The van der Waals surface area contributed by atoms with Gasteiger partial charge >= 0.3 is 0 Å². The van der Waals surface area contributed by atoms with E-state index in [2.05, 4.69) is 22.4 Å². The van der Waals surface area contributed by atoms with Gasteiger partial charge in [-0.1, -0.05) is 31.9 Å². The van der Waals surface area contributed by atoms with Crippen molar-refractivity contribution in [3.63, 3.8) is 0 Å². The Morgan fingerprint density at radius 3 is 2.64 bits per heavy atom. The summed E-state index contributed by atoms with van der Waals surface area (Å²) in [4.78, 5) is 14.7. The first-order chi connectivity index (χ1) is 17.4. The molecule has 0 spiro atoms. The lowest BCUT2D eigenvalue weighted by atomic mass is 9.93. The Hall–Kier alpha value is -2.61. The summed E-state index contributed by atoms with van der Waals surface area (Å²) >= 11 is 0. The van der Waals surface area contributed by atoms with Gasteiger partial charge in [-0.2, -0.15) is 5.10 Å². The van der Waals surface area contributed by atoms with Crippen molar-refractivity contribution in [3.8, 4) is 16.9 Å². The number of nitrogens with zero attached hydrogens (tertiary/aromatic N) is 3. The molecule has 6 nitrogen and oxygen atoms in total. The molecule has 1 N–H and O–H groups in total. The van der Waals surface area contributed by atoms with E-state index in [4.69, 9.17) is 4.74 Å². The maximum atomic E-state index is 14.3. The van der Waals surface area contributed by atoms with E-state index in [1.165, 1.54) is 19.3 Å². The van der Waals surface area contributed by atoms with Crippen LogP contribution in [0.15, 0.2) is 30.3 Å². The zero-order valence-electron chi connectivity index (χ0n) is 21.4. The second-order valence-electron chi connectivity index (χ2n) is 10.3. The first kappa shape index (κ1) is 26.5. The van der Waals surface area contributed by atoms with Crippen molar-refractivity contribution in [3.05, 3.63) is 41.7 Å². The average molecular weight is 501 g/mol. The number of nitrogens with one attached hydrogen (secondary N) is 1. The Bertz CT molecular complexity index is 1010. The fourth-order valence-electron chi connectivity index (χ4n) is 5.06. The number of benzene rings is 1. The summed E-state index contributed by atoms with van der Waals surface area (Å²) in [5.41, 5.74) is 2.74. The predicted octanol–water partition coefficient (Wildman–Crippen LogP) is 5.51. The van der Waals surface area contributed by atoms with E-state index in [0.717, 1.165) is 54.7 Å². The molecule has 1 aromatic heterocycles. The number of hydrogen-bond acceptors (Lipinski definition) is 5. The predicted molar refractivity (Wildman–Crippen MR) is 136 cm³/mol. The lowest BCUT2D eigenvalue weighted by Gasteiger charge is -2.36. The van der Waals surface area contributed by atoms with Crippen LogP contribution >= 0.6 is 0 Å². The van der Waals surface area contributed by atoms with E-state index in [1.54, 1.807) is 6.07 Å². The molecule has 0 radical (unpaired) electrons. The topological polar surface area (TPSA) is 67.4 Å². The van der Waals surface area contributed by atoms with Gasteiger partial charge in [-0.25, -0.2) is 8.78 Å². The van der Waals surface area contributed by atoms with Crippen molar-refractivity contribution in [2.45, 2.75) is 76.7 Å². The number of ether oxygens (including phenoxy) is 1. The molecule has 1 atom stereocenters. The molecule has 1 saturated carbocycles. The van der Waals surface area contributed by atoms with Gasteiger partial charge in [0.15, 0.2) is 5.69 Å². The molecule has 36 heavy (non-hydrogen) atoms. The van der Waals surface area contributed by atoms with Crippen molar-refractivity contribution in [1.29, 1.82) is 0 Å². The first-order valence-electron chi connectivity index (χ1n) is 13.3. The second-order valence-corrected chi connectivity index (χ2v) is 10.3. The van der Waals surface area contributed by atoms with Crippen LogP contribution in [0.2, 0.25) is 0 Å². The Morgan fingerprint density at radius 2 is 1.92 bits per heavy atom. The van der Waals surface area contributed by atoms with Crippen LogP contribution in [-0.4, -0.2) is 59.7 Å². The van der Waals surface area contributed by atoms with Crippen molar-refractivity contribution >= 4 is 5.91 Å². The van der Waals surface area contributed by atoms with Gasteiger partial charge in [0.05, 0.1) is 17.7 Å². The van der Waals surface area contributed by atoms with Crippen molar-refractivity contribution in [2.75, 3.05) is 26.7 Å². The molecule has 1 aromatic carbocycles. The largest absolute Gasteiger partial charge is 0.490 e. The van der Waals surface area contributed by atoms with Gasteiger partial charge in [-0.3, -0.25) is 4.79 Å². The number of unbranched alkanes of at least 4 members (excludes halogenated alkanes) is 1. The lowest BCUT2D eigenvalue weighted by molar-refractivity contribution is -0.0994. The minimum absolute atomic E-state index is 0.0992. The van der Waals surface area contributed by atoms with Gasteiger partial charge in [-0.15, -0.1) is 5.10 Å². The molecule has 0 bridgehead atoms. The number of hydrogen-bond donors (Lipinski definition) is 1. The summed E-state index contributed by atoms with van der Waals surface area (Å²) < 4.78 is 34.8. The van der Waals surface area contributed by atoms with Crippen LogP contribution in [0.1, 0.15) is 74.5 Å². The summed E-state index contributed by atoms with van der Waals surface area (Å²) in [7, 11) is 1.82. The molecular weight excluding hydrogens is 462 g/mol. The number of likely N-dealkylation sites (tertiary alicyclic amines) is 1. The van der Waals surface area contributed by atoms with Gasteiger partial charge < -0.3 is 15.0 Å². The summed E-state index contributed by atoms with van der Waals surface area (Å²) in [6.45, 7) is 2.62. The Balaban J connectivity index is 1.48. The highest BCUT2D eigenvalue weighted by Gasteiger charge is 2.43. The summed E-state index contributed by atoms with van der Waals surface area (Å²) in [6, 6.07) is 9.65. The van der Waals surface area contributed by atoms with E-state index in [-0.39, 0.29) is 31.3 Å². The van der Waals surface area contributed by atoms with Crippen molar-refractivity contribution in [1.82, 2.24) is 20.4 Å². The van der Waals surface area contributed by atoms with Gasteiger partial charge in [0.2, 0.25) is 0 Å². The quantitative estimate of drug-likeness (QED) is 0.492. The normalized spacial score (nSPS) is 20.7. The van der Waals surface area contributed by atoms with Crippen molar-refractivity contribution in [2.24, 2.45) is 5.92 Å². The molecule has 1 saturated heterocycles. The number of rotatable bonds is 9. The number of aryl methyl sites for hydroxylation is 1. The smallest absolute Gasteiger partial charge is 0.271 e. The van der Waals surface area contributed by atoms with Crippen LogP contribution in [0.3, 0.4) is 0 Å². The van der Waals surface area contributed by atoms with E-state index in [1.807, 2.05) is 36.2 Å². The van der Waals surface area contributed by atoms with Gasteiger partial charge in [-0.05, 0) is 69.3 Å². The number of aromatic nitrogens is 2. The number of piperidine rings is 1.